The van der Waals surface area contributed by atoms with Crippen LogP contribution in [-0.2, 0) is 33.7 Å². The maximum atomic E-state index is 15.3. The van der Waals surface area contributed by atoms with E-state index in [0.29, 0.717) is 83.4 Å². The summed E-state index contributed by atoms with van der Waals surface area (Å²) in [6.07, 6.45) is -6.43. The summed E-state index contributed by atoms with van der Waals surface area (Å²) in [6, 6.07) is 5.94. The Morgan fingerprint density at radius 3 is 1.62 bits per heavy atom. The summed E-state index contributed by atoms with van der Waals surface area (Å²) >= 11 is 0. The molecule has 12 atom stereocenters. The van der Waals surface area contributed by atoms with Gasteiger partial charge >= 0.3 is 24.2 Å². The molecule has 450 valence electrons. The van der Waals surface area contributed by atoms with E-state index in [-0.39, 0.29) is 60.2 Å². The van der Waals surface area contributed by atoms with Crippen molar-refractivity contribution < 1.29 is 91.3 Å². The van der Waals surface area contributed by atoms with Crippen molar-refractivity contribution in [1.82, 2.24) is 4.31 Å². The zero-order chi connectivity index (χ0) is 58.6. The molecular weight excluding hydrogens is 1090 g/mol. The minimum atomic E-state index is -5.95. The van der Waals surface area contributed by atoms with Crippen molar-refractivity contribution in [1.29, 1.82) is 0 Å². The van der Waals surface area contributed by atoms with Crippen LogP contribution in [0.4, 0.5) is 43.9 Å². The predicted octanol–water partition coefficient (Wildman–Crippen LogP) is 11.7. The van der Waals surface area contributed by atoms with E-state index >= 15 is 8.78 Å². The van der Waals surface area contributed by atoms with Crippen LogP contribution in [0.5, 0.6) is 0 Å². The van der Waals surface area contributed by atoms with E-state index in [1.807, 2.05) is 19.9 Å². The van der Waals surface area contributed by atoms with Crippen molar-refractivity contribution in [3.05, 3.63) is 52.6 Å². The van der Waals surface area contributed by atoms with E-state index in [9.17, 15) is 58.9 Å². The molecule has 8 aliphatic carbocycles. The quantitative estimate of drug-likeness (QED) is 0.148. The largest absolute Gasteiger partial charge is 0.456 e. The summed E-state index contributed by atoms with van der Waals surface area (Å²) in [5.74, 6) is -14.6. The maximum Gasteiger partial charge on any atom is 0.456 e. The van der Waals surface area contributed by atoms with Crippen LogP contribution < -0.4 is 0 Å². The van der Waals surface area contributed by atoms with Crippen molar-refractivity contribution in [2.45, 2.75) is 219 Å². The molecule has 2 spiro atoms. The molecule has 80 heavy (non-hydrogen) atoms. The highest BCUT2D eigenvalue weighted by molar-refractivity contribution is 7.89. The number of nitrogens with zero attached hydrogens (tertiary/aromatic N) is 1. The molecule has 3 saturated heterocycles. The number of rotatable bonds is 5. The molecule has 3 heterocycles. The topological polar surface area (TPSA) is 148 Å². The van der Waals surface area contributed by atoms with Crippen LogP contribution in [0.1, 0.15) is 156 Å². The Morgan fingerprint density at radius 2 is 1.10 bits per heavy atom. The lowest BCUT2D eigenvalue weighted by Gasteiger charge is -2.59. The average molecular weight is 1170 g/mol. The van der Waals surface area contributed by atoms with Gasteiger partial charge in [0.25, 0.3) is 0 Å². The number of allylic oxidation sites excluding steroid dienone is 2. The highest BCUT2D eigenvalue weighted by Crippen LogP contribution is 2.76. The number of benzene rings is 1. The zero-order valence-corrected chi connectivity index (χ0v) is 47.6. The van der Waals surface area contributed by atoms with Crippen LogP contribution in [0.15, 0.2) is 52.0 Å². The fourth-order valence-electron chi connectivity index (χ4n) is 17.7. The molecule has 22 heteroatoms. The second-order valence-electron chi connectivity index (χ2n) is 28.3. The zero-order valence-electron chi connectivity index (χ0n) is 46.8. The van der Waals surface area contributed by atoms with Gasteiger partial charge in [0.2, 0.25) is 10.0 Å². The molecule has 0 bridgehead atoms. The molecule has 11 nitrogen and oxygen atoms in total. The van der Waals surface area contributed by atoms with Gasteiger partial charge < -0.3 is 39.0 Å². The number of hydrogen-bond acceptors (Lipinski definition) is 10. The fourth-order valence-corrected chi connectivity index (χ4v) is 18.6. The number of sulfonamides is 1. The molecule has 3 unspecified atom stereocenters. The number of fused-ring (bicyclic) bond motifs is 7. The first-order valence-corrected chi connectivity index (χ1v) is 29.8. The first kappa shape index (κ1) is 59.3. The molecule has 11 aliphatic rings. The molecule has 6 saturated carbocycles. The first-order chi connectivity index (χ1) is 36.6. The lowest BCUT2D eigenvalue weighted by Crippen LogP contribution is -2.65. The van der Waals surface area contributed by atoms with Gasteiger partial charge in [-0.15, -0.1) is 0 Å². The maximum absolute atomic E-state index is 15.3. The normalized spacial score (nSPS) is 42.4. The number of aliphatic hydroxyl groups is 3. The van der Waals surface area contributed by atoms with Crippen LogP contribution in [0.3, 0.4) is 0 Å². The van der Waals surface area contributed by atoms with Crippen LogP contribution in [0.2, 0.25) is 0 Å². The molecule has 12 rings (SSSR count). The molecule has 0 radical (unpaired) electrons. The van der Waals surface area contributed by atoms with Gasteiger partial charge in [-0.25, -0.2) is 12.7 Å². The highest BCUT2D eigenvalue weighted by atomic mass is 32.2. The highest BCUT2D eigenvalue weighted by Gasteiger charge is 2.83. The minimum Gasteiger partial charge on any atom is -0.385 e. The monoisotopic (exact) mass is 1170 g/mol. The second-order valence-corrected chi connectivity index (χ2v) is 30.5. The van der Waals surface area contributed by atoms with Crippen LogP contribution in [0.25, 0.3) is 0 Å². The molecular formula is C58H77F10NO10S. The van der Waals surface area contributed by atoms with E-state index in [1.54, 1.807) is 12.1 Å². The number of hydrogen-bond donors (Lipinski definition) is 3. The third kappa shape index (κ3) is 8.19. The van der Waals surface area contributed by atoms with Crippen LogP contribution >= 0.6 is 0 Å². The van der Waals surface area contributed by atoms with E-state index in [2.05, 4.69) is 13.8 Å². The molecule has 1 aromatic rings. The summed E-state index contributed by atoms with van der Waals surface area (Å²) in [5.41, 5.74) is -9.21. The van der Waals surface area contributed by atoms with Crippen molar-refractivity contribution in [2.24, 2.45) is 45.3 Å². The van der Waals surface area contributed by atoms with Gasteiger partial charge in [0, 0.05) is 67.4 Å². The Hall–Kier alpha value is -2.41. The van der Waals surface area contributed by atoms with Gasteiger partial charge in [0.1, 0.15) is 22.4 Å². The number of ether oxygens (including phenoxy) is 5. The smallest absolute Gasteiger partial charge is 0.385 e. The van der Waals surface area contributed by atoms with Gasteiger partial charge in [-0.1, -0.05) is 65.3 Å². The van der Waals surface area contributed by atoms with Gasteiger partial charge in [-0.05, 0) is 130 Å². The second kappa shape index (κ2) is 17.8. The Kier molecular flexibility index (Phi) is 13.2. The first-order valence-electron chi connectivity index (χ1n) is 28.4. The average Bonchev–Trinajstić information content (AvgIpc) is 4.02. The van der Waals surface area contributed by atoms with Gasteiger partial charge in [0.05, 0.1) is 36.9 Å². The van der Waals surface area contributed by atoms with Gasteiger partial charge in [-0.2, -0.15) is 43.9 Å². The van der Waals surface area contributed by atoms with Crippen LogP contribution in [-0.4, -0.2) is 132 Å². The van der Waals surface area contributed by atoms with E-state index in [0.717, 1.165) is 21.0 Å². The lowest BCUT2D eigenvalue weighted by atomic mass is 9.49. The summed E-state index contributed by atoms with van der Waals surface area (Å²) in [4.78, 5) is 0.00519. The van der Waals surface area contributed by atoms with Crippen molar-refractivity contribution in [3.8, 4) is 0 Å². The minimum absolute atomic E-state index is 0.00519. The third-order valence-electron chi connectivity index (χ3n) is 22.3. The molecule has 0 amide bonds. The van der Waals surface area contributed by atoms with E-state index in [1.165, 1.54) is 40.1 Å². The summed E-state index contributed by atoms with van der Waals surface area (Å²) in [5, 5.41) is 34.7. The van der Waals surface area contributed by atoms with E-state index in [4.69, 9.17) is 23.7 Å². The number of halogens is 10. The number of epoxide rings is 1. The summed E-state index contributed by atoms with van der Waals surface area (Å²) in [7, 11) is -1.01. The summed E-state index contributed by atoms with van der Waals surface area (Å²) in [6.45, 7) is 13.1. The Balaban J connectivity index is 0.000000176. The molecule has 9 fully saturated rings. The predicted molar refractivity (Wildman–Crippen MR) is 269 cm³/mol. The molecule has 3 N–H and O–H groups in total. The Morgan fingerprint density at radius 1 is 0.600 bits per heavy atom. The molecule has 3 aliphatic heterocycles. The standard InChI is InChI=1S/C33H44F5NO6S.C25H33F5O4/c1-27(2)18-44-30(45-19-27)14-11-25-26-22(10-13-29(25,40)17-30)24-12-15-31(41,32(34,35)33(36,37)38)28(24,3)16-23(26)20-6-8-21(9-7-20)46(42,43)39(4)5;1-18(2)13-32-21(33-14-18)10-11-22-17-5-7-19(3)16(15(17)4-8-20(22,12-21)34-22)6-9-23(19,31)24(26,27)25(28,29)30/h6-9,22-24,40-41H,10-19H2,1-5H3;5,15-16,31H,4,6-14H2,1-3H3/t22?,23-,24?,28+,29-,31+;15-,16-,19-,20?,22+,23-/m10/s1. The summed E-state index contributed by atoms with van der Waals surface area (Å²) < 4.78 is 200. The number of alkyl halides is 10. The van der Waals surface area contributed by atoms with Crippen LogP contribution in [0, 0.1) is 45.3 Å². The lowest BCUT2D eigenvalue weighted by molar-refractivity contribution is -0.362. The third-order valence-corrected chi connectivity index (χ3v) is 24.1. The van der Waals surface area contributed by atoms with E-state index < -0.39 is 121 Å². The molecule has 0 aromatic heterocycles. The van der Waals surface area contributed by atoms with Crippen molar-refractivity contribution >= 4 is 10.0 Å². The fraction of sp³-hybridized carbons (Fsp3) is 0.828. The van der Waals surface area contributed by atoms with Crippen molar-refractivity contribution in [2.75, 3.05) is 40.5 Å². The van der Waals surface area contributed by atoms with Gasteiger partial charge in [-0.3, -0.25) is 0 Å². The Labute approximate surface area is 461 Å². The van der Waals surface area contributed by atoms with Crippen molar-refractivity contribution in [3.63, 3.8) is 0 Å². The Bertz CT molecular complexity index is 2820. The molecule has 1 aromatic carbocycles. The SMILES string of the molecule is CC1(C)COC2(CC[C@]34OC3(CC[C@@H]3C4=CC[C@@]4(C)[C@H]3CC[C@@]4(O)C(F)(F)C(F)(F)F)C2)OC1.CN(C)S(=O)(=O)c1ccc([C@H]2C[C@@]3(C)C(CC[C@@]3(O)C(F)(F)C(F)(F)F)C3CC[C@@]4(O)CC5(CCC4=C32)OCC(C)(C)CO5)cc1. The van der Waals surface area contributed by atoms with Gasteiger partial charge in [0.15, 0.2) is 11.6 Å².